The van der Waals surface area contributed by atoms with Crippen molar-refractivity contribution in [1.82, 2.24) is 10.4 Å². The first-order chi connectivity index (χ1) is 12.0. The zero-order chi connectivity index (χ0) is 18.8. The van der Waals surface area contributed by atoms with E-state index in [1.165, 1.54) is 6.26 Å². The Morgan fingerprint density at radius 3 is 2.68 bits per heavy atom. The summed E-state index contributed by atoms with van der Waals surface area (Å²) in [5.41, 5.74) is 5.69. The minimum atomic E-state index is -0.706. The third-order valence-electron chi connectivity index (χ3n) is 4.21. The Kier molecular flexibility index (Phi) is 8.69. The summed E-state index contributed by atoms with van der Waals surface area (Å²) in [6.07, 6.45) is 5.41. The number of nitrogens with zero attached hydrogens (tertiary/aromatic N) is 1. The van der Waals surface area contributed by atoms with Gasteiger partial charge in [0.1, 0.15) is 0 Å². The third-order valence-corrected chi connectivity index (χ3v) is 4.21. The van der Waals surface area contributed by atoms with E-state index in [0.717, 1.165) is 19.3 Å². The van der Waals surface area contributed by atoms with Gasteiger partial charge in [0, 0.05) is 12.1 Å². The van der Waals surface area contributed by atoms with E-state index in [0.29, 0.717) is 29.9 Å². The highest BCUT2D eigenvalue weighted by molar-refractivity contribution is 5.91. The highest BCUT2D eigenvalue weighted by Crippen LogP contribution is 2.21. The van der Waals surface area contributed by atoms with Crippen molar-refractivity contribution >= 4 is 18.2 Å². The Labute approximate surface area is 147 Å². The van der Waals surface area contributed by atoms with Crippen molar-refractivity contribution in [3.05, 3.63) is 23.7 Å². The second-order valence-electron chi connectivity index (χ2n) is 5.92. The average Bonchev–Trinajstić information content (AvgIpc) is 3.07. The molecule has 8 nitrogen and oxygen atoms in total. The maximum atomic E-state index is 12.6. The lowest BCUT2D eigenvalue weighted by molar-refractivity contribution is -0.168. The number of hydrogen-bond acceptors (Lipinski definition) is 5. The molecule has 3 amide bonds. The van der Waals surface area contributed by atoms with Crippen LogP contribution >= 0.6 is 0 Å². The van der Waals surface area contributed by atoms with Crippen molar-refractivity contribution < 1.29 is 24.0 Å². The normalized spacial score (nSPS) is 13.1. The molecule has 25 heavy (non-hydrogen) atoms. The molecule has 0 spiro atoms. The molecule has 0 saturated carbocycles. The fraction of sp³-hybridized carbons (Fsp3) is 0.588. The maximum Gasteiger partial charge on any atom is 0.284 e. The monoisotopic (exact) mass is 353 g/mol. The number of primary amides is 1. The van der Waals surface area contributed by atoms with Crippen LogP contribution in [-0.4, -0.2) is 34.5 Å². The van der Waals surface area contributed by atoms with Crippen LogP contribution in [0.15, 0.2) is 16.7 Å². The van der Waals surface area contributed by atoms with Crippen molar-refractivity contribution in [3.8, 4) is 0 Å². The molecule has 140 valence electrons. The highest BCUT2D eigenvalue weighted by Gasteiger charge is 2.30. The third kappa shape index (κ3) is 5.90. The summed E-state index contributed by atoms with van der Waals surface area (Å²) >= 11 is 0. The van der Waals surface area contributed by atoms with Crippen molar-refractivity contribution in [2.24, 2.45) is 11.7 Å². The molecule has 0 saturated heterocycles. The molecule has 0 aliphatic carbocycles. The predicted octanol–water partition coefficient (Wildman–Crippen LogP) is 1.82. The van der Waals surface area contributed by atoms with E-state index >= 15 is 0 Å². The Balaban J connectivity index is 2.81. The van der Waals surface area contributed by atoms with Crippen molar-refractivity contribution in [2.75, 3.05) is 0 Å². The number of furan rings is 1. The lowest BCUT2D eigenvalue weighted by atomic mass is 9.90. The van der Waals surface area contributed by atoms with Gasteiger partial charge in [0.05, 0.1) is 18.2 Å². The second kappa shape index (κ2) is 10.5. The molecule has 0 aromatic carbocycles. The summed E-state index contributed by atoms with van der Waals surface area (Å²) in [6.45, 7) is 3.94. The number of rotatable bonds is 12. The van der Waals surface area contributed by atoms with Crippen molar-refractivity contribution in [2.45, 2.75) is 58.5 Å². The molecule has 1 rings (SSSR count). The van der Waals surface area contributed by atoms with E-state index in [9.17, 15) is 19.6 Å². The smallest absolute Gasteiger partial charge is 0.284 e. The minimum Gasteiger partial charge on any atom is -0.459 e. The van der Waals surface area contributed by atoms with Crippen LogP contribution in [0, 0.1) is 5.92 Å². The molecular weight excluding hydrogens is 326 g/mol. The van der Waals surface area contributed by atoms with Gasteiger partial charge in [-0.1, -0.05) is 33.1 Å². The summed E-state index contributed by atoms with van der Waals surface area (Å²) in [5, 5.41) is 13.1. The second-order valence-corrected chi connectivity index (χ2v) is 5.92. The van der Waals surface area contributed by atoms with Gasteiger partial charge in [-0.3, -0.25) is 19.6 Å². The Morgan fingerprint density at radius 2 is 2.12 bits per heavy atom. The predicted molar refractivity (Wildman–Crippen MR) is 90.5 cm³/mol. The van der Waals surface area contributed by atoms with Gasteiger partial charge in [-0.15, -0.1) is 0 Å². The number of nitrogens with two attached hydrogens (primary N) is 1. The number of nitrogens with one attached hydrogen (secondary N) is 1. The summed E-state index contributed by atoms with van der Waals surface area (Å²) in [4.78, 5) is 34.8. The van der Waals surface area contributed by atoms with Gasteiger partial charge in [-0.05, 0) is 18.9 Å². The molecule has 1 aromatic heterocycles. The van der Waals surface area contributed by atoms with Gasteiger partial charge in [0.2, 0.25) is 12.3 Å². The number of hydrogen-bond donors (Lipinski definition) is 3. The molecule has 8 heteroatoms. The molecule has 0 radical (unpaired) electrons. The number of carbonyl (C=O) groups excluding carboxylic acids is 3. The van der Waals surface area contributed by atoms with E-state index in [1.54, 1.807) is 13.0 Å². The van der Waals surface area contributed by atoms with Crippen LogP contribution in [0.3, 0.4) is 0 Å². The number of unbranched alkanes of at least 4 members (excludes halogenated alkanes) is 2. The van der Waals surface area contributed by atoms with Crippen LogP contribution in [-0.2, 0) is 16.1 Å². The van der Waals surface area contributed by atoms with Gasteiger partial charge >= 0.3 is 0 Å². The maximum absolute atomic E-state index is 12.6. The SMILES string of the molecule is CCCCC[C@@H](C(=O)NCc1ccoc1C(N)=O)[C@@H](CC)N(O)C=O. The lowest BCUT2D eigenvalue weighted by Crippen LogP contribution is -2.45. The van der Waals surface area contributed by atoms with Gasteiger partial charge in [0.25, 0.3) is 5.91 Å². The number of carbonyl (C=O) groups is 3. The van der Waals surface area contributed by atoms with Gasteiger partial charge in [-0.2, -0.15) is 0 Å². The van der Waals surface area contributed by atoms with Crippen LogP contribution in [0.2, 0.25) is 0 Å². The molecule has 1 aromatic rings. The summed E-state index contributed by atoms with van der Waals surface area (Å²) < 4.78 is 5.00. The molecular formula is C17H27N3O5. The van der Waals surface area contributed by atoms with E-state index in [1.807, 2.05) is 0 Å². The van der Waals surface area contributed by atoms with E-state index in [4.69, 9.17) is 10.2 Å². The number of amides is 3. The Morgan fingerprint density at radius 1 is 1.40 bits per heavy atom. The Bertz CT molecular complexity index is 572. The first-order valence-corrected chi connectivity index (χ1v) is 8.52. The molecule has 0 unspecified atom stereocenters. The molecule has 0 aliphatic rings. The van der Waals surface area contributed by atoms with Crippen LogP contribution in [0.5, 0.6) is 0 Å². The van der Waals surface area contributed by atoms with Crippen LogP contribution in [0.1, 0.15) is 62.1 Å². The Hall–Kier alpha value is -2.35. The van der Waals surface area contributed by atoms with Crippen LogP contribution in [0.25, 0.3) is 0 Å². The molecule has 0 bridgehead atoms. The van der Waals surface area contributed by atoms with Crippen LogP contribution in [0.4, 0.5) is 0 Å². The molecule has 4 N–H and O–H groups in total. The number of hydroxylamine groups is 2. The van der Waals surface area contributed by atoms with Crippen molar-refractivity contribution in [3.63, 3.8) is 0 Å². The summed E-state index contributed by atoms with van der Waals surface area (Å²) in [5.74, 6) is -1.54. The summed E-state index contributed by atoms with van der Waals surface area (Å²) in [7, 11) is 0. The zero-order valence-electron chi connectivity index (χ0n) is 14.7. The molecule has 0 fully saturated rings. The summed E-state index contributed by atoms with van der Waals surface area (Å²) in [6, 6.07) is 0.961. The highest BCUT2D eigenvalue weighted by atomic mass is 16.5. The standard InChI is InChI=1S/C17H27N3O5/c1-3-5-6-7-13(14(4-2)20(24)11-21)17(23)19-10-12-8-9-25-15(12)16(18)22/h8-9,11,13-14,24H,3-7,10H2,1-2H3,(H2,18,22)(H,19,23)/t13-,14-/m1/s1. The van der Waals surface area contributed by atoms with Gasteiger partial charge in [-0.25, -0.2) is 5.06 Å². The zero-order valence-corrected chi connectivity index (χ0v) is 14.7. The molecule has 1 heterocycles. The van der Waals surface area contributed by atoms with E-state index in [-0.39, 0.29) is 18.2 Å². The first kappa shape index (κ1) is 20.7. The fourth-order valence-corrected chi connectivity index (χ4v) is 2.85. The van der Waals surface area contributed by atoms with E-state index in [2.05, 4.69) is 12.2 Å². The lowest BCUT2D eigenvalue weighted by Gasteiger charge is -2.29. The van der Waals surface area contributed by atoms with Gasteiger partial charge < -0.3 is 15.5 Å². The quantitative estimate of drug-likeness (QED) is 0.229. The minimum absolute atomic E-state index is 0.00607. The van der Waals surface area contributed by atoms with E-state index < -0.39 is 17.9 Å². The van der Waals surface area contributed by atoms with Gasteiger partial charge in [0.15, 0.2) is 5.76 Å². The largest absolute Gasteiger partial charge is 0.459 e. The van der Waals surface area contributed by atoms with Crippen molar-refractivity contribution in [1.29, 1.82) is 0 Å². The molecule has 2 atom stereocenters. The van der Waals surface area contributed by atoms with Crippen LogP contribution < -0.4 is 11.1 Å². The topological polar surface area (TPSA) is 126 Å². The average molecular weight is 353 g/mol. The first-order valence-electron chi connectivity index (χ1n) is 8.52. The molecule has 0 aliphatic heterocycles. The fourth-order valence-electron chi connectivity index (χ4n) is 2.85.